The van der Waals surface area contributed by atoms with Gasteiger partial charge in [-0.3, -0.25) is 14.9 Å². The Kier molecular flexibility index (Phi) is 3.84. The Labute approximate surface area is 106 Å². The maximum absolute atomic E-state index is 12.1. The first-order chi connectivity index (χ1) is 8.61. The molecule has 0 bridgehead atoms. The average molecular weight is 253 g/mol. The molecule has 2 fully saturated rings. The quantitative estimate of drug-likeness (QED) is 0.698. The minimum absolute atomic E-state index is 0.0389. The molecule has 6 nitrogen and oxygen atoms in total. The molecule has 1 heterocycles. The second kappa shape index (κ2) is 5.37. The van der Waals surface area contributed by atoms with Crippen molar-refractivity contribution in [2.75, 3.05) is 6.54 Å². The standard InChI is InChI=1S/C12H19N3O3/c1-2-9-11(17)14-10(16)7-15(9)12(18)13-8-5-3-4-6-8/h8-9H,2-7H2,1H3,(H,13,18)(H,14,16,17). The highest BCUT2D eigenvalue weighted by Crippen LogP contribution is 2.18. The van der Waals surface area contributed by atoms with Crippen LogP contribution in [0.2, 0.25) is 0 Å². The normalized spacial score (nSPS) is 25.2. The molecule has 18 heavy (non-hydrogen) atoms. The second-order valence-electron chi connectivity index (χ2n) is 4.90. The number of hydrogen-bond donors (Lipinski definition) is 2. The Morgan fingerprint density at radius 3 is 2.67 bits per heavy atom. The van der Waals surface area contributed by atoms with Crippen molar-refractivity contribution in [2.24, 2.45) is 0 Å². The van der Waals surface area contributed by atoms with Gasteiger partial charge in [-0.1, -0.05) is 19.8 Å². The first kappa shape index (κ1) is 12.9. The van der Waals surface area contributed by atoms with Crippen LogP contribution < -0.4 is 10.6 Å². The highest BCUT2D eigenvalue weighted by Gasteiger charge is 2.36. The number of imide groups is 1. The Balaban J connectivity index is 2.01. The summed E-state index contributed by atoms with van der Waals surface area (Å²) in [4.78, 5) is 36.4. The number of nitrogens with one attached hydrogen (secondary N) is 2. The first-order valence-electron chi connectivity index (χ1n) is 6.52. The molecule has 0 aromatic heterocycles. The fourth-order valence-corrected chi connectivity index (χ4v) is 2.61. The van der Waals surface area contributed by atoms with Gasteiger partial charge in [0.15, 0.2) is 0 Å². The van der Waals surface area contributed by atoms with Gasteiger partial charge in [0.1, 0.15) is 12.6 Å². The zero-order valence-corrected chi connectivity index (χ0v) is 10.6. The van der Waals surface area contributed by atoms with E-state index in [9.17, 15) is 14.4 Å². The molecule has 2 rings (SSSR count). The van der Waals surface area contributed by atoms with Crippen molar-refractivity contribution >= 4 is 17.8 Å². The molecular weight excluding hydrogens is 234 g/mol. The molecule has 1 atom stereocenters. The van der Waals surface area contributed by atoms with E-state index < -0.39 is 11.9 Å². The van der Waals surface area contributed by atoms with Gasteiger partial charge in [0, 0.05) is 6.04 Å². The SMILES string of the molecule is CCC1C(=O)NC(=O)CN1C(=O)NC1CCCC1. The molecule has 0 aromatic carbocycles. The lowest BCUT2D eigenvalue weighted by atomic mass is 10.1. The molecule has 0 aromatic rings. The van der Waals surface area contributed by atoms with Crippen molar-refractivity contribution in [3.63, 3.8) is 0 Å². The molecule has 1 saturated carbocycles. The summed E-state index contributed by atoms with van der Waals surface area (Å²) in [6, 6.07) is -0.642. The zero-order chi connectivity index (χ0) is 13.1. The molecule has 1 saturated heterocycles. The summed E-state index contributed by atoms with van der Waals surface area (Å²) in [5.41, 5.74) is 0. The van der Waals surface area contributed by atoms with Gasteiger partial charge < -0.3 is 10.2 Å². The van der Waals surface area contributed by atoms with Gasteiger partial charge in [0.05, 0.1) is 0 Å². The van der Waals surface area contributed by atoms with E-state index in [1.807, 2.05) is 6.92 Å². The van der Waals surface area contributed by atoms with E-state index in [0.717, 1.165) is 25.7 Å². The van der Waals surface area contributed by atoms with Crippen LogP contribution in [0.1, 0.15) is 39.0 Å². The lowest BCUT2D eigenvalue weighted by molar-refractivity contribution is -0.138. The number of piperazine rings is 1. The first-order valence-corrected chi connectivity index (χ1v) is 6.52. The van der Waals surface area contributed by atoms with Crippen molar-refractivity contribution in [3.8, 4) is 0 Å². The van der Waals surface area contributed by atoms with E-state index in [4.69, 9.17) is 0 Å². The third-order valence-corrected chi connectivity index (χ3v) is 3.59. The molecule has 2 aliphatic rings. The van der Waals surface area contributed by atoms with Gasteiger partial charge in [-0.05, 0) is 19.3 Å². The van der Waals surface area contributed by atoms with Gasteiger partial charge in [-0.2, -0.15) is 0 Å². The Bertz CT molecular complexity index is 364. The van der Waals surface area contributed by atoms with Crippen LogP contribution in [0, 0.1) is 0 Å². The highest BCUT2D eigenvalue weighted by molar-refractivity contribution is 6.04. The summed E-state index contributed by atoms with van der Waals surface area (Å²) in [7, 11) is 0. The van der Waals surface area contributed by atoms with Gasteiger partial charge in [0.25, 0.3) is 0 Å². The summed E-state index contributed by atoms with van der Waals surface area (Å²) >= 11 is 0. The number of carbonyl (C=O) groups excluding carboxylic acids is 3. The van der Waals surface area contributed by atoms with E-state index in [1.54, 1.807) is 0 Å². The van der Waals surface area contributed by atoms with Crippen molar-refractivity contribution < 1.29 is 14.4 Å². The van der Waals surface area contributed by atoms with Gasteiger partial charge in [0.2, 0.25) is 11.8 Å². The summed E-state index contributed by atoms with van der Waals surface area (Å²) < 4.78 is 0. The number of nitrogens with zero attached hydrogens (tertiary/aromatic N) is 1. The van der Waals surface area contributed by atoms with Gasteiger partial charge >= 0.3 is 6.03 Å². The summed E-state index contributed by atoms with van der Waals surface area (Å²) in [6.45, 7) is 1.79. The van der Waals surface area contributed by atoms with Crippen molar-refractivity contribution in [3.05, 3.63) is 0 Å². The van der Waals surface area contributed by atoms with E-state index in [0.29, 0.717) is 6.42 Å². The molecule has 100 valence electrons. The third-order valence-electron chi connectivity index (χ3n) is 3.59. The molecular formula is C12H19N3O3. The van der Waals surface area contributed by atoms with Crippen LogP contribution in [-0.4, -0.2) is 41.4 Å². The van der Waals surface area contributed by atoms with E-state index in [1.165, 1.54) is 4.90 Å². The summed E-state index contributed by atoms with van der Waals surface area (Å²) in [6.07, 6.45) is 4.73. The molecule has 0 radical (unpaired) electrons. The number of amides is 4. The monoisotopic (exact) mass is 253 g/mol. The Hall–Kier alpha value is -1.59. The average Bonchev–Trinajstić information content (AvgIpc) is 2.80. The number of carbonyl (C=O) groups is 3. The minimum atomic E-state index is -0.538. The van der Waals surface area contributed by atoms with Crippen molar-refractivity contribution in [1.82, 2.24) is 15.5 Å². The third kappa shape index (κ3) is 2.63. The minimum Gasteiger partial charge on any atom is -0.335 e. The van der Waals surface area contributed by atoms with Crippen LogP contribution in [0.15, 0.2) is 0 Å². The van der Waals surface area contributed by atoms with Crippen LogP contribution in [0.5, 0.6) is 0 Å². The van der Waals surface area contributed by atoms with E-state index >= 15 is 0 Å². The lowest BCUT2D eigenvalue weighted by Gasteiger charge is -2.34. The van der Waals surface area contributed by atoms with Crippen LogP contribution in [0.25, 0.3) is 0 Å². The van der Waals surface area contributed by atoms with Crippen LogP contribution in [-0.2, 0) is 9.59 Å². The highest BCUT2D eigenvalue weighted by atomic mass is 16.2. The predicted octanol–water partition coefficient (Wildman–Crippen LogP) is 0.376. The molecule has 2 N–H and O–H groups in total. The summed E-state index contributed by atoms with van der Waals surface area (Å²) in [5.74, 6) is -0.790. The fraction of sp³-hybridized carbons (Fsp3) is 0.750. The van der Waals surface area contributed by atoms with Crippen molar-refractivity contribution in [2.45, 2.75) is 51.1 Å². The maximum atomic E-state index is 12.1. The molecule has 1 unspecified atom stereocenters. The van der Waals surface area contributed by atoms with E-state index in [2.05, 4.69) is 10.6 Å². The van der Waals surface area contributed by atoms with Crippen LogP contribution in [0.3, 0.4) is 0 Å². The maximum Gasteiger partial charge on any atom is 0.318 e. The fourth-order valence-electron chi connectivity index (χ4n) is 2.61. The summed E-state index contributed by atoms with van der Waals surface area (Å²) in [5, 5.41) is 5.17. The Morgan fingerprint density at radius 1 is 1.39 bits per heavy atom. The lowest BCUT2D eigenvalue weighted by Crippen LogP contribution is -2.62. The largest absolute Gasteiger partial charge is 0.335 e. The number of rotatable bonds is 2. The molecule has 4 amide bonds. The Morgan fingerprint density at radius 2 is 2.06 bits per heavy atom. The van der Waals surface area contributed by atoms with Crippen LogP contribution in [0.4, 0.5) is 4.79 Å². The van der Waals surface area contributed by atoms with Gasteiger partial charge in [-0.15, -0.1) is 0 Å². The predicted molar refractivity (Wildman–Crippen MR) is 64.7 cm³/mol. The zero-order valence-electron chi connectivity index (χ0n) is 10.6. The number of urea groups is 1. The molecule has 1 aliphatic heterocycles. The number of hydrogen-bond acceptors (Lipinski definition) is 3. The second-order valence-corrected chi connectivity index (χ2v) is 4.90. The van der Waals surface area contributed by atoms with Crippen molar-refractivity contribution in [1.29, 1.82) is 0 Å². The molecule has 6 heteroatoms. The molecule has 0 spiro atoms. The topological polar surface area (TPSA) is 78.5 Å². The van der Waals surface area contributed by atoms with Gasteiger partial charge in [-0.25, -0.2) is 4.79 Å². The van der Waals surface area contributed by atoms with E-state index in [-0.39, 0.29) is 24.5 Å². The smallest absolute Gasteiger partial charge is 0.318 e. The molecule has 1 aliphatic carbocycles. The van der Waals surface area contributed by atoms with Crippen LogP contribution >= 0.6 is 0 Å².